The largest absolute Gasteiger partial charge is 0.383 e. The Morgan fingerprint density at radius 1 is 1.25 bits per heavy atom. The summed E-state index contributed by atoms with van der Waals surface area (Å²) in [5.74, 6) is 1.03. The van der Waals surface area contributed by atoms with E-state index in [0.717, 1.165) is 5.56 Å². The summed E-state index contributed by atoms with van der Waals surface area (Å²) >= 11 is 7.29. The first-order valence-corrected chi connectivity index (χ1v) is 6.77. The number of nitrogen functional groups attached to an aromatic ring is 2. The Balaban J connectivity index is 2.12. The molecule has 104 valence electrons. The van der Waals surface area contributed by atoms with E-state index in [0.29, 0.717) is 15.9 Å². The van der Waals surface area contributed by atoms with Crippen LogP contribution in [-0.4, -0.2) is 14.9 Å². The van der Waals surface area contributed by atoms with Crippen molar-refractivity contribution in [2.24, 2.45) is 0 Å². The number of nitro benzene ring substituents is 1. The van der Waals surface area contributed by atoms with Gasteiger partial charge in [0.05, 0.1) is 9.95 Å². The lowest BCUT2D eigenvalue weighted by molar-refractivity contribution is -0.384. The Bertz CT molecular complexity index is 647. The van der Waals surface area contributed by atoms with Crippen LogP contribution < -0.4 is 11.5 Å². The molecule has 0 aliphatic heterocycles. The lowest BCUT2D eigenvalue weighted by atomic mass is 10.2. The zero-order valence-electron chi connectivity index (χ0n) is 10.1. The van der Waals surface area contributed by atoms with Gasteiger partial charge in [-0.25, -0.2) is 9.97 Å². The fourth-order valence-corrected chi connectivity index (χ4v) is 2.63. The van der Waals surface area contributed by atoms with Gasteiger partial charge in [0.1, 0.15) is 11.6 Å². The molecule has 0 aliphatic rings. The highest BCUT2D eigenvalue weighted by Gasteiger charge is 2.10. The number of hydrogen-bond donors (Lipinski definition) is 2. The van der Waals surface area contributed by atoms with Crippen LogP contribution in [-0.2, 0) is 5.75 Å². The number of thioether (sulfide) groups is 1. The van der Waals surface area contributed by atoms with Crippen LogP contribution in [0.2, 0.25) is 5.02 Å². The molecule has 0 amide bonds. The molecule has 4 N–H and O–H groups in total. The minimum atomic E-state index is -0.496. The Kier molecular flexibility index (Phi) is 4.26. The molecular formula is C11H10ClN5O2S. The second-order valence-corrected chi connectivity index (χ2v) is 5.17. The Labute approximate surface area is 123 Å². The number of hydrogen-bond acceptors (Lipinski definition) is 7. The van der Waals surface area contributed by atoms with Crippen molar-refractivity contribution >= 4 is 40.7 Å². The highest BCUT2D eigenvalue weighted by Crippen LogP contribution is 2.28. The van der Waals surface area contributed by atoms with Crippen LogP contribution in [0.4, 0.5) is 17.3 Å². The minimum absolute atomic E-state index is 0.0480. The fourth-order valence-electron chi connectivity index (χ4n) is 1.44. The van der Waals surface area contributed by atoms with Crippen LogP contribution in [0.15, 0.2) is 29.4 Å². The third kappa shape index (κ3) is 3.49. The van der Waals surface area contributed by atoms with Crippen molar-refractivity contribution in [1.82, 2.24) is 9.97 Å². The molecule has 20 heavy (non-hydrogen) atoms. The number of nitro groups is 1. The molecule has 0 saturated carbocycles. The van der Waals surface area contributed by atoms with Crippen LogP contribution in [0, 0.1) is 10.1 Å². The van der Waals surface area contributed by atoms with Gasteiger partial charge in [0.15, 0.2) is 5.16 Å². The maximum Gasteiger partial charge on any atom is 0.270 e. The number of nitrogens with zero attached hydrogens (tertiary/aromatic N) is 3. The average Bonchev–Trinajstić information content (AvgIpc) is 2.36. The third-order valence-corrected chi connectivity index (χ3v) is 3.60. The molecule has 1 heterocycles. The van der Waals surface area contributed by atoms with Gasteiger partial charge in [-0.3, -0.25) is 10.1 Å². The van der Waals surface area contributed by atoms with E-state index in [1.165, 1.54) is 30.0 Å². The number of nitrogens with two attached hydrogens (primary N) is 2. The Morgan fingerprint density at radius 2 is 1.90 bits per heavy atom. The van der Waals surface area contributed by atoms with E-state index in [1.807, 2.05) is 0 Å². The van der Waals surface area contributed by atoms with Crippen molar-refractivity contribution < 1.29 is 4.92 Å². The van der Waals surface area contributed by atoms with Crippen molar-refractivity contribution in [2.75, 3.05) is 11.5 Å². The number of non-ortho nitro benzene ring substituents is 1. The van der Waals surface area contributed by atoms with Crippen molar-refractivity contribution in [2.45, 2.75) is 10.9 Å². The number of benzene rings is 1. The lowest BCUT2D eigenvalue weighted by Crippen LogP contribution is -1.99. The van der Waals surface area contributed by atoms with Gasteiger partial charge >= 0.3 is 0 Å². The maximum absolute atomic E-state index is 10.6. The summed E-state index contributed by atoms with van der Waals surface area (Å²) in [5, 5.41) is 11.4. The molecular weight excluding hydrogens is 302 g/mol. The molecule has 2 rings (SSSR count). The first-order chi connectivity index (χ1) is 9.45. The Morgan fingerprint density at radius 3 is 2.45 bits per heavy atom. The average molecular weight is 312 g/mol. The van der Waals surface area contributed by atoms with Crippen molar-refractivity contribution in [3.8, 4) is 0 Å². The summed E-state index contributed by atoms with van der Waals surface area (Å²) in [5.41, 5.74) is 11.8. The molecule has 0 unspecified atom stereocenters. The summed E-state index contributed by atoms with van der Waals surface area (Å²) in [6.07, 6.45) is 0. The minimum Gasteiger partial charge on any atom is -0.383 e. The van der Waals surface area contributed by atoms with E-state index in [9.17, 15) is 10.1 Å². The molecule has 0 saturated heterocycles. The summed E-state index contributed by atoms with van der Waals surface area (Å²) in [7, 11) is 0. The number of halogens is 1. The van der Waals surface area contributed by atoms with Gasteiger partial charge in [-0.15, -0.1) is 0 Å². The monoisotopic (exact) mass is 311 g/mol. The predicted octanol–water partition coefficient (Wildman–Crippen LogP) is 2.49. The molecule has 0 spiro atoms. The quantitative estimate of drug-likeness (QED) is 0.385. The Hall–Kier alpha value is -2.06. The highest BCUT2D eigenvalue weighted by molar-refractivity contribution is 7.98. The topological polar surface area (TPSA) is 121 Å². The van der Waals surface area contributed by atoms with Gasteiger partial charge in [-0.1, -0.05) is 23.4 Å². The molecule has 0 aliphatic carbocycles. The van der Waals surface area contributed by atoms with Gasteiger partial charge < -0.3 is 11.5 Å². The van der Waals surface area contributed by atoms with Crippen LogP contribution in [0.1, 0.15) is 5.56 Å². The molecule has 9 heteroatoms. The summed E-state index contributed by atoms with van der Waals surface area (Å²) in [4.78, 5) is 18.2. The van der Waals surface area contributed by atoms with Crippen molar-refractivity contribution in [3.63, 3.8) is 0 Å². The molecule has 0 bridgehead atoms. The van der Waals surface area contributed by atoms with Crippen molar-refractivity contribution in [1.29, 1.82) is 0 Å². The highest BCUT2D eigenvalue weighted by atomic mass is 35.5. The first kappa shape index (κ1) is 14.4. The number of rotatable bonds is 4. The second kappa shape index (κ2) is 5.93. The van der Waals surface area contributed by atoms with E-state index >= 15 is 0 Å². The third-order valence-electron chi connectivity index (χ3n) is 2.35. The van der Waals surface area contributed by atoms with Crippen LogP contribution in [0.3, 0.4) is 0 Å². The summed E-state index contributed by atoms with van der Waals surface area (Å²) in [6.45, 7) is 0. The summed E-state index contributed by atoms with van der Waals surface area (Å²) in [6, 6.07) is 5.77. The number of aromatic nitrogens is 2. The molecule has 0 radical (unpaired) electrons. The van der Waals surface area contributed by atoms with Gasteiger partial charge in [0.2, 0.25) is 0 Å². The lowest BCUT2D eigenvalue weighted by Gasteiger charge is -2.04. The molecule has 1 aromatic heterocycles. The SMILES string of the molecule is Nc1cc(N)nc(SCc2ccc([N+](=O)[O-])cc2Cl)n1. The van der Waals surface area contributed by atoms with E-state index in [4.69, 9.17) is 23.1 Å². The van der Waals surface area contributed by atoms with Gasteiger partial charge in [0.25, 0.3) is 5.69 Å². The van der Waals surface area contributed by atoms with Gasteiger partial charge in [0, 0.05) is 24.0 Å². The zero-order chi connectivity index (χ0) is 14.7. The molecule has 1 aromatic carbocycles. The van der Waals surface area contributed by atoms with Gasteiger partial charge in [-0.2, -0.15) is 0 Å². The maximum atomic E-state index is 10.6. The standard InChI is InChI=1S/C11H10ClN5O2S/c12-8-3-7(17(18)19)2-1-6(8)5-20-11-15-9(13)4-10(14)16-11/h1-4H,5H2,(H4,13,14,15,16). The zero-order valence-corrected chi connectivity index (χ0v) is 11.7. The molecule has 0 fully saturated rings. The molecule has 7 nitrogen and oxygen atoms in total. The smallest absolute Gasteiger partial charge is 0.270 e. The van der Waals surface area contributed by atoms with E-state index in [1.54, 1.807) is 6.07 Å². The normalized spacial score (nSPS) is 10.4. The molecule has 0 atom stereocenters. The predicted molar refractivity (Wildman–Crippen MR) is 78.5 cm³/mol. The first-order valence-electron chi connectivity index (χ1n) is 5.41. The van der Waals surface area contributed by atoms with E-state index < -0.39 is 4.92 Å². The fraction of sp³-hybridized carbons (Fsp3) is 0.0909. The number of anilines is 2. The molecule has 2 aromatic rings. The van der Waals surface area contributed by atoms with E-state index in [2.05, 4.69) is 9.97 Å². The van der Waals surface area contributed by atoms with Gasteiger partial charge in [-0.05, 0) is 11.6 Å². The van der Waals surface area contributed by atoms with Crippen LogP contribution in [0.25, 0.3) is 0 Å². The van der Waals surface area contributed by atoms with Crippen LogP contribution >= 0.6 is 23.4 Å². The van der Waals surface area contributed by atoms with Crippen molar-refractivity contribution in [3.05, 3.63) is 45.0 Å². The van der Waals surface area contributed by atoms with Crippen LogP contribution in [0.5, 0.6) is 0 Å². The second-order valence-electron chi connectivity index (χ2n) is 3.82. The summed E-state index contributed by atoms with van der Waals surface area (Å²) < 4.78 is 0. The van der Waals surface area contributed by atoms with E-state index in [-0.39, 0.29) is 17.3 Å².